The Morgan fingerprint density at radius 2 is 0.831 bits per heavy atom. The van der Waals surface area contributed by atoms with Gasteiger partial charge in [-0.25, -0.2) is 29.1 Å². The lowest BCUT2D eigenvalue weighted by Crippen LogP contribution is -2.33. The smallest absolute Gasteiger partial charge is 0.341 e. The van der Waals surface area contributed by atoms with Crippen molar-refractivity contribution in [3.8, 4) is 11.5 Å². The zero-order valence-corrected chi connectivity index (χ0v) is 85.9. The summed E-state index contributed by atoms with van der Waals surface area (Å²) in [7, 11) is 3.21. The van der Waals surface area contributed by atoms with Crippen LogP contribution in [0.2, 0.25) is 36.1 Å². The Bertz CT molecular complexity index is 6270. The lowest BCUT2D eigenvalue weighted by atomic mass is 10.1. The molecule has 0 aromatic carbocycles. The van der Waals surface area contributed by atoms with Gasteiger partial charge in [-0.2, -0.15) is 9.97 Å². The molecule has 5 aliphatic heterocycles. The topological polar surface area (TPSA) is 590 Å². The van der Waals surface area contributed by atoms with Gasteiger partial charge in [0.15, 0.2) is 37.2 Å². The molecule has 3 fully saturated rings. The maximum absolute atomic E-state index is 13.9. The molecule has 142 heavy (non-hydrogen) atoms. The number of carboxylic acid groups (broad SMARTS) is 2. The van der Waals surface area contributed by atoms with Gasteiger partial charge in [0.25, 0.3) is 17.7 Å². The predicted octanol–water partition coefficient (Wildman–Crippen LogP) is 13.7. The Hall–Kier alpha value is -12.9. The van der Waals surface area contributed by atoms with Gasteiger partial charge in [0.05, 0.1) is 131 Å². The summed E-state index contributed by atoms with van der Waals surface area (Å²) < 4.78 is 20.5. The number of halogens is 7. The molecular formula is C94H113Cl7N22O19. The van der Waals surface area contributed by atoms with Gasteiger partial charge in [-0.05, 0) is 200 Å². The number of ether oxygens (including phenoxy) is 4. The quantitative estimate of drug-likeness (QED) is 0.00937. The molecule has 16 N–H and O–H groups in total. The molecule has 48 heteroatoms. The van der Waals surface area contributed by atoms with Crippen LogP contribution in [0.1, 0.15) is 251 Å². The molecule has 0 aliphatic carbocycles. The summed E-state index contributed by atoms with van der Waals surface area (Å²) in [4.78, 5) is 199. The lowest BCUT2D eigenvalue weighted by molar-refractivity contribution is -0.117. The number of aromatic nitrogens is 12. The van der Waals surface area contributed by atoms with Crippen LogP contribution in [0.15, 0.2) is 18.6 Å². The fraction of sp³-hybridized carbons (Fsp3) is 0.394. The minimum atomic E-state index is -1.14. The molecule has 15 heterocycles. The van der Waals surface area contributed by atoms with E-state index in [9.17, 15) is 62.3 Å². The number of nitrogens with zero attached hydrogens (tertiary/aromatic N) is 11. The molecule has 41 nitrogen and oxygen atoms in total. The lowest BCUT2D eigenvalue weighted by Gasteiger charge is -2.19. The Balaban J connectivity index is 0.000000211. The molecule has 0 bridgehead atoms. The highest BCUT2D eigenvalue weighted by Crippen LogP contribution is 2.43. The predicted molar refractivity (Wildman–Crippen MR) is 539 cm³/mol. The van der Waals surface area contributed by atoms with E-state index in [0.29, 0.717) is 152 Å². The number of carboxylic acids is 2. The first-order chi connectivity index (χ1) is 67.5. The van der Waals surface area contributed by atoms with E-state index in [2.05, 4.69) is 85.1 Å². The normalized spacial score (nSPS) is 13.7. The fourth-order valence-corrected chi connectivity index (χ4v) is 18.0. The average molecular weight is 2100 g/mol. The molecule has 10 aromatic rings. The van der Waals surface area contributed by atoms with Crippen molar-refractivity contribution >= 4 is 195 Å². The first-order valence-electron chi connectivity index (χ1n) is 44.6. The molecule has 0 unspecified atom stereocenters. The van der Waals surface area contributed by atoms with E-state index >= 15 is 0 Å². The molecule has 762 valence electrons. The number of esters is 2. The number of aromatic amines is 6. The largest absolute Gasteiger partial charge is 0.496 e. The standard InChI is InChI=1S/C28H32Cl2N8O3.C15H16ClN5O2.C13H18ClN3O2.C9H10ClNO3.C9H11NO3.2C7H6ClNO3.C6H14N2/c1-14-12-33-19(16(3)22(14)41-4)13-38-25-21(24(30)35-28(31)36-25)17(27(38)40)11-18-15(2)20(23(29)34-18)26(39)32-7-10-37-8-5-6-9-37;1-7-5-18-10(8(2)12(7)23-3)6-21-11(22)4-9-13(16)19-15(17)20-14(9)21;1-9-10(8-18)16-12(14)11(9)13(19)15-4-7-17-5-2-3-6-17;1-3-14-9(13)7-5(2)6(4-12)11-8(7)10;1-3-13-9(12)7-4-10-8(5-11)6(7)2;2*1-3-4(2-10)9-6(8)5(3)7(11)12;7-3-6-8-4-1-2-5-8/h11-12,34H,5-10,13H2,1-4H3,(H,32,39)(H2,31,35,36);5H,4,6H2,1-3H3,(H2,17,19,20);8,16H,2-7H2,1H3,(H,15,19);4,11H,3H2,1-2H3;4-5,10H,3H2,1-2H3;2*2,9H,1H3,(H,11,12);1-7H2/b17-11-;;;;;;;. The number of methoxy groups -OCH3 is 2. The van der Waals surface area contributed by atoms with E-state index in [1.54, 1.807) is 74.2 Å². The summed E-state index contributed by atoms with van der Waals surface area (Å²) in [6, 6.07) is 0. The van der Waals surface area contributed by atoms with Crippen LogP contribution in [0.25, 0.3) is 11.6 Å². The van der Waals surface area contributed by atoms with E-state index in [0.717, 1.165) is 86.1 Å². The maximum Gasteiger partial charge on any atom is 0.341 e. The van der Waals surface area contributed by atoms with Crippen LogP contribution in [0.4, 0.5) is 23.5 Å². The van der Waals surface area contributed by atoms with Crippen molar-refractivity contribution < 1.29 is 91.5 Å². The number of pyridine rings is 2. The Labute approximate surface area is 852 Å². The Kier molecular flexibility index (Phi) is 43.3. The van der Waals surface area contributed by atoms with Crippen LogP contribution in [0, 0.1) is 69.2 Å². The van der Waals surface area contributed by atoms with E-state index in [1.165, 1.54) is 81.5 Å². The highest BCUT2D eigenvalue weighted by Gasteiger charge is 2.39. The number of carbonyl (C=O) groups is 13. The maximum atomic E-state index is 13.9. The molecule has 15 rings (SSSR count). The summed E-state index contributed by atoms with van der Waals surface area (Å²) in [5, 5.41) is 23.8. The number of rotatable bonds is 28. The molecular weight excluding hydrogens is 1990 g/mol. The van der Waals surface area contributed by atoms with E-state index in [-0.39, 0.29) is 137 Å². The molecule has 0 atom stereocenters. The number of nitrogen functional groups attached to an aromatic ring is 2. The molecule has 4 amide bonds. The number of hydrogen-bond donors (Lipinski definition) is 13. The van der Waals surface area contributed by atoms with Crippen molar-refractivity contribution in [3.05, 3.63) is 200 Å². The second kappa shape index (κ2) is 53.8. The number of hydrogen-bond acceptors (Lipinski definition) is 29. The number of anilines is 4. The van der Waals surface area contributed by atoms with Gasteiger partial charge < -0.3 is 102 Å². The number of carbonyl (C=O) groups excluding carboxylic acids is 11. The van der Waals surface area contributed by atoms with Gasteiger partial charge in [-0.1, -0.05) is 81.2 Å². The van der Waals surface area contributed by atoms with Gasteiger partial charge in [-0.3, -0.25) is 62.9 Å². The molecule has 10 aromatic heterocycles. The number of H-pyrrole nitrogens is 6. The zero-order chi connectivity index (χ0) is 105. The Morgan fingerprint density at radius 1 is 0.465 bits per heavy atom. The molecule has 0 radical (unpaired) electrons. The summed E-state index contributed by atoms with van der Waals surface area (Å²) in [6.07, 6.45) is 17.3. The third-order valence-corrected chi connectivity index (χ3v) is 25.4. The van der Waals surface area contributed by atoms with Gasteiger partial charge in [-0.15, -0.1) is 0 Å². The minimum Gasteiger partial charge on any atom is -0.496 e. The van der Waals surface area contributed by atoms with Gasteiger partial charge >= 0.3 is 23.9 Å². The summed E-state index contributed by atoms with van der Waals surface area (Å²) in [5.74, 6) is -2.02. The van der Waals surface area contributed by atoms with Crippen LogP contribution in [0.3, 0.4) is 0 Å². The average Bonchev–Trinajstić information content (AvgIpc) is 1.58. The van der Waals surface area contributed by atoms with Gasteiger partial charge in [0.2, 0.25) is 17.8 Å². The van der Waals surface area contributed by atoms with Crippen molar-refractivity contribution in [2.24, 2.45) is 5.73 Å². The van der Waals surface area contributed by atoms with Crippen molar-refractivity contribution in [1.82, 2.24) is 85.1 Å². The van der Waals surface area contributed by atoms with E-state index in [4.69, 9.17) is 128 Å². The third kappa shape index (κ3) is 28.5. The minimum absolute atomic E-state index is 0.0119. The number of amides is 4. The van der Waals surface area contributed by atoms with Crippen molar-refractivity contribution in [2.75, 3.05) is 127 Å². The number of aromatic carboxylic acids is 2. The number of nitrogens with two attached hydrogens (primary N) is 3. The second-order valence-electron chi connectivity index (χ2n) is 32.5. The Morgan fingerprint density at radius 3 is 1.22 bits per heavy atom. The van der Waals surface area contributed by atoms with Crippen LogP contribution < -0.4 is 47.1 Å². The molecule has 5 aliphatic rings. The summed E-state index contributed by atoms with van der Waals surface area (Å²) in [6.45, 7) is 33.5. The molecule has 0 saturated carbocycles. The zero-order valence-electron chi connectivity index (χ0n) is 80.6. The van der Waals surface area contributed by atoms with Crippen LogP contribution in [-0.2, 0) is 38.6 Å². The van der Waals surface area contributed by atoms with Gasteiger partial charge in [0.1, 0.15) is 53.4 Å². The number of nitrogens with one attached hydrogen (secondary N) is 8. The fourth-order valence-electron chi connectivity index (χ4n) is 15.8. The van der Waals surface area contributed by atoms with Crippen LogP contribution in [0.5, 0.6) is 11.5 Å². The van der Waals surface area contributed by atoms with E-state index < -0.39 is 23.9 Å². The van der Waals surface area contributed by atoms with E-state index in [1.807, 2.05) is 27.7 Å². The number of aldehydes is 5. The number of aryl methyl sites for hydroxylation is 2. The first-order valence-corrected chi connectivity index (χ1v) is 47.3. The number of likely N-dealkylation sites (tertiary alicyclic amines) is 3. The highest BCUT2D eigenvalue weighted by molar-refractivity contribution is 6.42. The number of fused-ring (bicyclic) bond motifs is 2. The van der Waals surface area contributed by atoms with Crippen LogP contribution >= 0.6 is 81.2 Å². The van der Waals surface area contributed by atoms with Crippen molar-refractivity contribution in [3.63, 3.8) is 0 Å². The molecule has 0 spiro atoms. The summed E-state index contributed by atoms with van der Waals surface area (Å²) >= 11 is 41.8. The monoisotopic (exact) mass is 2100 g/mol. The molecule has 3 saturated heterocycles. The highest BCUT2D eigenvalue weighted by atomic mass is 35.5. The van der Waals surface area contributed by atoms with Crippen LogP contribution in [-0.4, -0.2) is 270 Å². The SMILES string of the molecule is CCOC(=O)c1c(Cl)[nH]c(C=O)c1C.CCOC(=O)c1c[nH]c(C=O)c1C.COc1c(C)cnc(CN2C(=O)/C(=C\c3[nH]c(Cl)c(C(=O)NCCN4CCCC4)c3C)c3c(Cl)nc(N)nc32)c1C.COc1c(C)cnc(CN2C(=O)Cc3c(Cl)nc(N)nc32)c1C.Cc1c(C=O)[nH]c(Cl)c1C(=O)NCCN1CCCC1.Cc1c(C=O)[nH]c(Cl)c1C(=O)O.Cc1c(C=O)[nH]c(Cl)c1C(=O)O.NCCN1CCCC1. The third-order valence-electron chi connectivity index (χ3n) is 23.4. The van der Waals surface area contributed by atoms with Crippen molar-refractivity contribution in [2.45, 2.75) is 141 Å². The second-order valence-corrected chi connectivity index (χ2v) is 35.1. The summed E-state index contributed by atoms with van der Waals surface area (Å²) in [5.41, 5.74) is 29.3. The van der Waals surface area contributed by atoms with Gasteiger partial charge in [0, 0.05) is 91.4 Å². The van der Waals surface area contributed by atoms with Crippen molar-refractivity contribution in [1.29, 1.82) is 0 Å². The first kappa shape index (κ1) is 114.